The van der Waals surface area contributed by atoms with Gasteiger partial charge >= 0.3 is 0 Å². The van der Waals surface area contributed by atoms with Crippen molar-refractivity contribution in [2.24, 2.45) is 5.92 Å². The number of halogens is 1. The topological polar surface area (TPSA) is 86.8 Å². The zero-order valence-electron chi connectivity index (χ0n) is 26.1. The molecule has 4 aromatic carbocycles. The Bertz CT molecular complexity index is 1710. The molecule has 0 aromatic heterocycles. The van der Waals surface area contributed by atoms with E-state index in [1.165, 1.54) is 21.3 Å². The zero-order chi connectivity index (χ0) is 32.6. The van der Waals surface area contributed by atoms with Gasteiger partial charge < -0.3 is 10.2 Å². The molecule has 0 spiro atoms. The Hall–Kier alpha value is -3.95. The van der Waals surface area contributed by atoms with E-state index in [4.69, 9.17) is 0 Å². The fraction of sp³-hybridized carbons (Fsp3) is 0.278. The van der Waals surface area contributed by atoms with Crippen LogP contribution in [0.3, 0.4) is 0 Å². The number of anilines is 1. The molecule has 4 rings (SSSR count). The smallest absolute Gasteiger partial charge is 0.264 e. The van der Waals surface area contributed by atoms with Crippen molar-refractivity contribution in [2.45, 2.75) is 51.6 Å². The van der Waals surface area contributed by atoms with Crippen molar-refractivity contribution in [3.8, 4) is 0 Å². The SMILES string of the molecule is Cc1cccc(N(CC(=O)N(Cc2cccc(Br)c2)[C@@H](Cc2ccccc2)C(=O)NCC(C)C)S(=O)(=O)c2ccccc2)c1C. The van der Waals surface area contributed by atoms with Crippen LogP contribution in [0, 0.1) is 19.8 Å². The molecule has 0 bridgehead atoms. The normalized spacial score (nSPS) is 12.0. The minimum Gasteiger partial charge on any atom is -0.354 e. The molecule has 1 N–H and O–H groups in total. The van der Waals surface area contributed by atoms with Crippen LogP contribution in [0.4, 0.5) is 5.69 Å². The molecule has 45 heavy (non-hydrogen) atoms. The van der Waals surface area contributed by atoms with E-state index >= 15 is 0 Å². The third-order valence-electron chi connectivity index (χ3n) is 7.65. The second kappa shape index (κ2) is 15.4. The fourth-order valence-electron chi connectivity index (χ4n) is 5.05. The van der Waals surface area contributed by atoms with Gasteiger partial charge in [0.05, 0.1) is 10.6 Å². The summed E-state index contributed by atoms with van der Waals surface area (Å²) in [4.78, 5) is 30.1. The highest BCUT2D eigenvalue weighted by Gasteiger charge is 2.35. The fourth-order valence-corrected chi connectivity index (χ4v) is 6.99. The third-order valence-corrected chi connectivity index (χ3v) is 9.92. The van der Waals surface area contributed by atoms with Crippen molar-refractivity contribution in [3.05, 3.63) is 130 Å². The molecule has 0 saturated heterocycles. The molecule has 0 radical (unpaired) electrons. The van der Waals surface area contributed by atoms with Gasteiger partial charge in [-0.3, -0.25) is 13.9 Å². The molecular formula is C36H40BrN3O4S. The molecule has 9 heteroatoms. The number of aryl methyl sites for hydroxylation is 1. The number of nitrogens with zero attached hydrogens (tertiary/aromatic N) is 2. The average molecular weight is 691 g/mol. The Morgan fingerprint density at radius 3 is 2.09 bits per heavy atom. The Kier molecular flexibility index (Phi) is 11.6. The van der Waals surface area contributed by atoms with Crippen LogP contribution in [0.15, 0.2) is 112 Å². The number of hydrogen-bond donors (Lipinski definition) is 1. The van der Waals surface area contributed by atoms with Crippen LogP contribution in [0.2, 0.25) is 0 Å². The molecule has 0 aliphatic carbocycles. The van der Waals surface area contributed by atoms with Crippen LogP contribution in [0.5, 0.6) is 0 Å². The first-order valence-electron chi connectivity index (χ1n) is 15.0. The summed E-state index contributed by atoms with van der Waals surface area (Å²) >= 11 is 3.52. The maximum absolute atomic E-state index is 14.6. The first-order valence-corrected chi connectivity index (χ1v) is 17.2. The van der Waals surface area contributed by atoms with Crippen LogP contribution in [-0.2, 0) is 32.6 Å². The van der Waals surface area contributed by atoms with Gasteiger partial charge in [-0.1, -0.05) is 103 Å². The monoisotopic (exact) mass is 689 g/mol. The van der Waals surface area contributed by atoms with Crippen LogP contribution in [0.25, 0.3) is 0 Å². The Labute approximate surface area is 275 Å². The van der Waals surface area contributed by atoms with Crippen LogP contribution in [-0.4, -0.2) is 44.3 Å². The highest BCUT2D eigenvalue weighted by molar-refractivity contribution is 9.10. The molecule has 0 saturated carbocycles. The van der Waals surface area contributed by atoms with E-state index in [1.807, 2.05) is 88.4 Å². The minimum absolute atomic E-state index is 0.0766. The molecule has 1 atom stereocenters. The summed E-state index contributed by atoms with van der Waals surface area (Å²) in [6.45, 7) is 7.83. The van der Waals surface area contributed by atoms with E-state index in [2.05, 4.69) is 21.2 Å². The molecule has 7 nitrogen and oxygen atoms in total. The quantitative estimate of drug-likeness (QED) is 0.170. The number of carbonyl (C=O) groups excluding carboxylic acids is 2. The number of carbonyl (C=O) groups is 2. The number of rotatable bonds is 13. The van der Waals surface area contributed by atoms with Crippen molar-refractivity contribution in [2.75, 3.05) is 17.4 Å². The van der Waals surface area contributed by atoms with Gasteiger partial charge in [-0.2, -0.15) is 0 Å². The molecule has 236 valence electrons. The molecule has 0 aliphatic heterocycles. The van der Waals surface area contributed by atoms with Gasteiger partial charge in [-0.25, -0.2) is 8.42 Å². The third kappa shape index (κ3) is 8.83. The summed E-state index contributed by atoms with van der Waals surface area (Å²) in [5.41, 5.74) is 3.75. The van der Waals surface area contributed by atoms with Gasteiger partial charge in [-0.15, -0.1) is 0 Å². The first-order chi connectivity index (χ1) is 21.5. The van der Waals surface area contributed by atoms with Crippen LogP contribution < -0.4 is 9.62 Å². The van der Waals surface area contributed by atoms with E-state index in [0.717, 1.165) is 26.7 Å². The van der Waals surface area contributed by atoms with Gasteiger partial charge in [0.15, 0.2) is 0 Å². The number of hydrogen-bond acceptors (Lipinski definition) is 4. The van der Waals surface area contributed by atoms with E-state index in [1.54, 1.807) is 30.3 Å². The summed E-state index contributed by atoms with van der Waals surface area (Å²) in [6.07, 6.45) is 0.263. The highest BCUT2D eigenvalue weighted by atomic mass is 79.9. The van der Waals surface area contributed by atoms with Crippen molar-refractivity contribution in [1.29, 1.82) is 0 Å². The molecule has 4 aromatic rings. The predicted molar refractivity (Wildman–Crippen MR) is 183 cm³/mol. The maximum atomic E-state index is 14.6. The lowest BCUT2D eigenvalue weighted by Gasteiger charge is -2.34. The van der Waals surface area contributed by atoms with Gasteiger partial charge in [0, 0.05) is 24.0 Å². The predicted octanol–water partition coefficient (Wildman–Crippen LogP) is 6.67. The lowest BCUT2D eigenvalue weighted by Crippen LogP contribution is -2.53. The summed E-state index contributed by atoms with van der Waals surface area (Å²) in [5.74, 6) is -0.576. The lowest BCUT2D eigenvalue weighted by atomic mass is 10.0. The van der Waals surface area contributed by atoms with E-state index in [-0.39, 0.29) is 29.7 Å². The lowest BCUT2D eigenvalue weighted by molar-refractivity contribution is -0.140. The van der Waals surface area contributed by atoms with Crippen molar-refractivity contribution >= 4 is 43.5 Å². The molecule has 0 fully saturated rings. The average Bonchev–Trinajstić information content (AvgIpc) is 3.02. The van der Waals surface area contributed by atoms with Crippen molar-refractivity contribution in [3.63, 3.8) is 0 Å². The van der Waals surface area contributed by atoms with Gasteiger partial charge in [0.1, 0.15) is 12.6 Å². The molecule has 0 aliphatic rings. The Morgan fingerprint density at radius 1 is 0.822 bits per heavy atom. The summed E-state index contributed by atoms with van der Waals surface area (Å²) < 4.78 is 30.4. The molecule has 2 amide bonds. The second-order valence-corrected chi connectivity index (χ2v) is 14.3. The highest BCUT2D eigenvalue weighted by Crippen LogP contribution is 2.29. The molecular weight excluding hydrogens is 650 g/mol. The summed E-state index contributed by atoms with van der Waals surface area (Å²) in [6, 6.07) is 29.7. The van der Waals surface area contributed by atoms with Crippen LogP contribution >= 0.6 is 15.9 Å². The first kappa shape index (κ1) is 33.9. The van der Waals surface area contributed by atoms with Gasteiger partial charge in [-0.05, 0) is 72.4 Å². The summed E-state index contributed by atoms with van der Waals surface area (Å²) in [7, 11) is -4.15. The van der Waals surface area contributed by atoms with E-state index in [9.17, 15) is 18.0 Å². The van der Waals surface area contributed by atoms with Crippen molar-refractivity contribution in [1.82, 2.24) is 10.2 Å². The molecule has 0 unspecified atom stereocenters. The van der Waals surface area contributed by atoms with Crippen molar-refractivity contribution < 1.29 is 18.0 Å². The van der Waals surface area contributed by atoms with E-state index in [0.29, 0.717) is 12.2 Å². The Morgan fingerprint density at radius 2 is 1.44 bits per heavy atom. The number of amides is 2. The summed E-state index contributed by atoms with van der Waals surface area (Å²) in [5, 5.41) is 3.02. The Balaban J connectivity index is 1.82. The minimum atomic E-state index is -4.15. The van der Waals surface area contributed by atoms with Crippen LogP contribution in [0.1, 0.15) is 36.1 Å². The largest absolute Gasteiger partial charge is 0.354 e. The molecule has 0 heterocycles. The maximum Gasteiger partial charge on any atom is 0.264 e. The van der Waals surface area contributed by atoms with E-state index < -0.39 is 28.5 Å². The standard InChI is InChI=1S/C36H40BrN3O4S/c1-26(2)23-38-36(42)34(22-29-14-7-5-8-15-29)39(24-30-16-12-17-31(37)21-30)35(41)25-40(33-20-11-13-27(3)28(33)4)45(43,44)32-18-9-6-10-19-32/h5-21,26,34H,22-25H2,1-4H3,(H,38,42)/t34-/m0/s1. The van der Waals surface area contributed by atoms with Gasteiger partial charge in [0.2, 0.25) is 11.8 Å². The number of benzene rings is 4. The number of nitrogens with one attached hydrogen (secondary N) is 1. The van der Waals surface area contributed by atoms with Gasteiger partial charge in [0.25, 0.3) is 10.0 Å². The second-order valence-electron chi connectivity index (χ2n) is 11.5. The zero-order valence-corrected chi connectivity index (χ0v) is 28.5. The number of sulfonamides is 1.